The van der Waals surface area contributed by atoms with Gasteiger partial charge in [-0.2, -0.15) is 4.98 Å². The molecular weight excluding hydrogens is 324 g/mol. The molecule has 0 saturated heterocycles. The summed E-state index contributed by atoms with van der Waals surface area (Å²) in [5.74, 6) is 2.67. The smallest absolute Gasteiger partial charge is 0.230 e. The number of benzene rings is 3. The fourth-order valence-electron chi connectivity index (χ4n) is 2.79. The van der Waals surface area contributed by atoms with E-state index in [0.29, 0.717) is 17.5 Å². The van der Waals surface area contributed by atoms with E-state index in [1.54, 1.807) is 7.11 Å². The van der Waals surface area contributed by atoms with Crippen LogP contribution in [0, 0.1) is 6.92 Å². The van der Waals surface area contributed by atoms with Crippen molar-refractivity contribution in [2.45, 2.75) is 6.92 Å². The lowest BCUT2D eigenvalue weighted by Crippen LogP contribution is -1.96. The first-order chi connectivity index (χ1) is 12.7. The highest BCUT2D eigenvalue weighted by Crippen LogP contribution is 2.30. The van der Waals surface area contributed by atoms with Crippen LogP contribution in [0.1, 0.15) is 5.56 Å². The van der Waals surface area contributed by atoms with Crippen LogP contribution < -0.4 is 9.47 Å². The molecule has 4 aromatic rings. The fourth-order valence-corrected chi connectivity index (χ4v) is 2.79. The number of methoxy groups -OCH3 is 1. The van der Waals surface area contributed by atoms with Gasteiger partial charge in [0.15, 0.2) is 5.82 Å². The molecule has 0 unspecified atom stereocenters. The van der Waals surface area contributed by atoms with Crippen molar-refractivity contribution < 1.29 is 9.47 Å². The molecule has 4 heteroatoms. The molecule has 0 saturated carbocycles. The van der Waals surface area contributed by atoms with Gasteiger partial charge in [0.25, 0.3) is 0 Å². The fraction of sp³-hybridized carbons (Fsp3) is 0.0909. The topological polar surface area (TPSA) is 44.2 Å². The molecule has 4 rings (SSSR count). The molecular formula is C22H18N2O2. The molecule has 0 N–H and O–H groups in total. The van der Waals surface area contributed by atoms with Gasteiger partial charge < -0.3 is 9.47 Å². The van der Waals surface area contributed by atoms with E-state index in [0.717, 1.165) is 27.8 Å². The van der Waals surface area contributed by atoms with Crippen molar-refractivity contribution in [3.05, 3.63) is 78.4 Å². The molecule has 0 radical (unpaired) electrons. The second-order valence-corrected chi connectivity index (χ2v) is 6.02. The van der Waals surface area contributed by atoms with E-state index in [-0.39, 0.29) is 0 Å². The SMILES string of the molecule is COc1ccc(Oc2nc(-c3cccc(C)c3)nc3ccccc23)cc1. The first-order valence-electron chi connectivity index (χ1n) is 8.39. The molecule has 0 bridgehead atoms. The van der Waals surface area contributed by atoms with Crippen molar-refractivity contribution >= 4 is 10.9 Å². The summed E-state index contributed by atoms with van der Waals surface area (Å²) in [7, 11) is 1.64. The van der Waals surface area contributed by atoms with Crippen LogP contribution >= 0.6 is 0 Å². The summed E-state index contributed by atoms with van der Waals surface area (Å²) in [6, 6.07) is 23.4. The zero-order valence-corrected chi connectivity index (χ0v) is 14.6. The molecule has 0 aliphatic heterocycles. The number of para-hydroxylation sites is 1. The number of ether oxygens (including phenoxy) is 2. The molecule has 0 aliphatic carbocycles. The maximum absolute atomic E-state index is 6.08. The van der Waals surface area contributed by atoms with Gasteiger partial charge >= 0.3 is 0 Å². The van der Waals surface area contributed by atoms with Gasteiger partial charge in [-0.3, -0.25) is 0 Å². The molecule has 0 amide bonds. The Hall–Kier alpha value is -3.40. The van der Waals surface area contributed by atoms with Crippen molar-refractivity contribution in [1.29, 1.82) is 0 Å². The number of hydrogen-bond acceptors (Lipinski definition) is 4. The van der Waals surface area contributed by atoms with Crippen molar-refractivity contribution in [2.75, 3.05) is 7.11 Å². The second kappa shape index (κ2) is 6.84. The van der Waals surface area contributed by atoms with Gasteiger partial charge in [0.2, 0.25) is 5.88 Å². The minimum absolute atomic E-state index is 0.539. The maximum Gasteiger partial charge on any atom is 0.230 e. The largest absolute Gasteiger partial charge is 0.497 e. The molecule has 1 aromatic heterocycles. The normalized spacial score (nSPS) is 10.7. The van der Waals surface area contributed by atoms with Crippen LogP contribution in [0.15, 0.2) is 72.8 Å². The Labute approximate surface area is 152 Å². The number of aryl methyl sites for hydroxylation is 1. The molecule has 128 valence electrons. The molecule has 1 heterocycles. The predicted molar refractivity (Wildman–Crippen MR) is 103 cm³/mol. The van der Waals surface area contributed by atoms with E-state index < -0.39 is 0 Å². The van der Waals surface area contributed by atoms with Gasteiger partial charge in [0, 0.05) is 5.56 Å². The van der Waals surface area contributed by atoms with Crippen LogP contribution in [0.3, 0.4) is 0 Å². The lowest BCUT2D eigenvalue weighted by molar-refractivity contribution is 0.412. The van der Waals surface area contributed by atoms with E-state index in [1.807, 2.05) is 60.7 Å². The van der Waals surface area contributed by atoms with E-state index in [9.17, 15) is 0 Å². The molecule has 0 spiro atoms. The van der Waals surface area contributed by atoms with Gasteiger partial charge in [-0.05, 0) is 49.4 Å². The lowest BCUT2D eigenvalue weighted by atomic mass is 10.1. The van der Waals surface area contributed by atoms with E-state index in [4.69, 9.17) is 14.5 Å². The van der Waals surface area contributed by atoms with Crippen molar-refractivity contribution in [2.24, 2.45) is 0 Å². The van der Waals surface area contributed by atoms with E-state index in [1.165, 1.54) is 0 Å². The Morgan fingerprint density at radius 3 is 2.31 bits per heavy atom. The minimum atomic E-state index is 0.539. The Morgan fingerprint density at radius 1 is 0.769 bits per heavy atom. The Kier molecular flexibility index (Phi) is 4.23. The van der Waals surface area contributed by atoms with Crippen LogP contribution in [0.4, 0.5) is 0 Å². The van der Waals surface area contributed by atoms with Crippen LogP contribution in [0.5, 0.6) is 17.4 Å². The van der Waals surface area contributed by atoms with Crippen LogP contribution in [0.25, 0.3) is 22.3 Å². The van der Waals surface area contributed by atoms with Gasteiger partial charge in [-0.15, -0.1) is 0 Å². The van der Waals surface area contributed by atoms with Gasteiger partial charge in [0.05, 0.1) is 18.0 Å². The summed E-state index contributed by atoms with van der Waals surface area (Å²) in [5, 5.41) is 0.875. The summed E-state index contributed by atoms with van der Waals surface area (Å²) in [5.41, 5.74) is 2.98. The summed E-state index contributed by atoms with van der Waals surface area (Å²) in [6.45, 7) is 2.05. The zero-order chi connectivity index (χ0) is 17.9. The molecule has 26 heavy (non-hydrogen) atoms. The monoisotopic (exact) mass is 342 g/mol. The standard InChI is InChI=1S/C22H18N2O2/c1-15-6-5-7-16(14-15)21-23-20-9-4-3-8-19(20)22(24-21)26-18-12-10-17(25-2)11-13-18/h3-14H,1-2H3. The quantitative estimate of drug-likeness (QED) is 0.498. The van der Waals surface area contributed by atoms with Crippen LogP contribution in [-0.4, -0.2) is 17.1 Å². The third-order valence-electron chi connectivity index (χ3n) is 4.12. The summed E-state index contributed by atoms with van der Waals surface area (Å²) < 4.78 is 11.3. The second-order valence-electron chi connectivity index (χ2n) is 6.02. The minimum Gasteiger partial charge on any atom is -0.497 e. The Bertz CT molecular complexity index is 1060. The first kappa shape index (κ1) is 16.1. The van der Waals surface area contributed by atoms with Crippen molar-refractivity contribution in [3.8, 4) is 28.8 Å². The van der Waals surface area contributed by atoms with Crippen molar-refractivity contribution in [1.82, 2.24) is 9.97 Å². The zero-order valence-electron chi connectivity index (χ0n) is 14.6. The highest BCUT2D eigenvalue weighted by atomic mass is 16.5. The third-order valence-corrected chi connectivity index (χ3v) is 4.12. The predicted octanol–water partition coefficient (Wildman–Crippen LogP) is 5.41. The van der Waals surface area contributed by atoms with Gasteiger partial charge in [0.1, 0.15) is 11.5 Å². The van der Waals surface area contributed by atoms with E-state index >= 15 is 0 Å². The molecule has 0 fully saturated rings. The summed E-state index contributed by atoms with van der Waals surface area (Å²) >= 11 is 0. The average Bonchev–Trinajstić information content (AvgIpc) is 2.68. The highest BCUT2D eigenvalue weighted by molar-refractivity contribution is 5.85. The average molecular weight is 342 g/mol. The maximum atomic E-state index is 6.08. The van der Waals surface area contributed by atoms with Crippen molar-refractivity contribution in [3.63, 3.8) is 0 Å². The Balaban J connectivity index is 1.81. The van der Waals surface area contributed by atoms with Crippen LogP contribution in [0.2, 0.25) is 0 Å². The van der Waals surface area contributed by atoms with Crippen LogP contribution in [-0.2, 0) is 0 Å². The number of aromatic nitrogens is 2. The summed E-state index contributed by atoms with van der Waals surface area (Å²) in [6.07, 6.45) is 0. The number of hydrogen-bond donors (Lipinski definition) is 0. The van der Waals surface area contributed by atoms with Gasteiger partial charge in [-0.1, -0.05) is 35.9 Å². The number of fused-ring (bicyclic) bond motifs is 1. The molecule has 4 nitrogen and oxygen atoms in total. The molecule has 0 atom stereocenters. The lowest BCUT2D eigenvalue weighted by Gasteiger charge is -2.11. The number of nitrogens with zero attached hydrogens (tertiary/aromatic N) is 2. The van der Waals surface area contributed by atoms with Gasteiger partial charge in [-0.25, -0.2) is 4.98 Å². The summed E-state index contributed by atoms with van der Waals surface area (Å²) in [4.78, 5) is 9.39. The molecule has 0 aliphatic rings. The first-order valence-corrected chi connectivity index (χ1v) is 8.39. The molecule has 3 aromatic carbocycles. The third kappa shape index (κ3) is 3.22. The highest BCUT2D eigenvalue weighted by Gasteiger charge is 2.11. The Morgan fingerprint density at radius 2 is 1.54 bits per heavy atom. The number of rotatable bonds is 4. The van der Waals surface area contributed by atoms with E-state index in [2.05, 4.69) is 24.0 Å².